The second kappa shape index (κ2) is 6.72. The van der Waals surface area contributed by atoms with E-state index in [4.69, 9.17) is 20.9 Å². The molecule has 0 amide bonds. The van der Waals surface area contributed by atoms with E-state index in [2.05, 4.69) is 10.1 Å². The van der Waals surface area contributed by atoms with Gasteiger partial charge in [-0.05, 0) is 12.1 Å². The molecule has 5 nitrogen and oxygen atoms in total. The standard InChI is InChI=1S/C15H11ClN2O3S/c16-11-3-1-2-10(6-11)15-18-12(9-22-15)7-14(19)20-8-13-4-5-17-21-13/h1-6,9H,7-8H2. The molecule has 112 valence electrons. The van der Waals surface area contributed by atoms with E-state index in [0.29, 0.717) is 16.5 Å². The average Bonchev–Trinajstić information content (AvgIpc) is 3.16. The fourth-order valence-corrected chi connectivity index (χ4v) is 2.82. The van der Waals surface area contributed by atoms with Crippen LogP contribution in [0.25, 0.3) is 10.6 Å². The molecule has 0 atom stereocenters. The predicted molar refractivity (Wildman–Crippen MR) is 82.6 cm³/mol. The highest BCUT2D eigenvalue weighted by Gasteiger charge is 2.11. The van der Waals surface area contributed by atoms with Crippen molar-refractivity contribution >= 4 is 28.9 Å². The zero-order chi connectivity index (χ0) is 15.4. The minimum Gasteiger partial charge on any atom is -0.457 e. The zero-order valence-corrected chi connectivity index (χ0v) is 12.9. The molecule has 0 N–H and O–H groups in total. The summed E-state index contributed by atoms with van der Waals surface area (Å²) in [6.07, 6.45) is 1.62. The highest BCUT2D eigenvalue weighted by atomic mass is 35.5. The smallest absolute Gasteiger partial charge is 0.312 e. The van der Waals surface area contributed by atoms with Crippen molar-refractivity contribution in [1.82, 2.24) is 10.1 Å². The van der Waals surface area contributed by atoms with Crippen molar-refractivity contribution in [1.29, 1.82) is 0 Å². The summed E-state index contributed by atoms with van der Waals surface area (Å²) in [5.41, 5.74) is 1.60. The SMILES string of the molecule is O=C(Cc1csc(-c2cccc(Cl)c2)n1)OCc1ccno1. The maximum Gasteiger partial charge on any atom is 0.312 e. The van der Waals surface area contributed by atoms with Gasteiger partial charge in [0.2, 0.25) is 0 Å². The fourth-order valence-electron chi connectivity index (χ4n) is 1.81. The van der Waals surface area contributed by atoms with Crippen LogP contribution in [0.2, 0.25) is 5.02 Å². The minimum atomic E-state index is -0.362. The number of aromatic nitrogens is 2. The van der Waals surface area contributed by atoms with Gasteiger partial charge in [-0.3, -0.25) is 4.79 Å². The van der Waals surface area contributed by atoms with Crippen LogP contribution in [0.5, 0.6) is 0 Å². The van der Waals surface area contributed by atoms with Gasteiger partial charge in [-0.2, -0.15) is 0 Å². The highest BCUT2D eigenvalue weighted by molar-refractivity contribution is 7.13. The molecule has 7 heteroatoms. The summed E-state index contributed by atoms with van der Waals surface area (Å²) in [6.45, 7) is 0.0735. The Kier molecular flexibility index (Phi) is 4.50. The van der Waals surface area contributed by atoms with Crippen molar-refractivity contribution in [3.8, 4) is 10.6 Å². The Morgan fingerprint density at radius 1 is 1.36 bits per heavy atom. The number of carbonyl (C=O) groups excluding carboxylic acids is 1. The molecule has 0 bridgehead atoms. The summed E-state index contributed by atoms with van der Waals surface area (Å²) in [6, 6.07) is 9.08. The number of rotatable bonds is 5. The van der Waals surface area contributed by atoms with Gasteiger partial charge in [0.1, 0.15) is 5.01 Å². The summed E-state index contributed by atoms with van der Waals surface area (Å²) in [4.78, 5) is 16.2. The Balaban J connectivity index is 1.60. The zero-order valence-electron chi connectivity index (χ0n) is 11.4. The summed E-state index contributed by atoms with van der Waals surface area (Å²) in [5, 5.41) is 6.85. The Bertz CT molecular complexity index is 771. The van der Waals surface area contributed by atoms with Crippen molar-refractivity contribution in [3.63, 3.8) is 0 Å². The van der Waals surface area contributed by atoms with Crippen molar-refractivity contribution < 1.29 is 14.1 Å². The first-order valence-electron chi connectivity index (χ1n) is 6.46. The molecule has 0 aliphatic rings. The lowest BCUT2D eigenvalue weighted by Crippen LogP contribution is -2.07. The topological polar surface area (TPSA) is 65.2 Å². The van der Waals surface area contributed by atoms with Gasteiger partial charge in [0.25, 0.3) is 0 Å². The number of ether oxygens (including phenoxy) is 1. The molecule has 0 aliphatic carbocycles. The van der Waals surface area contributed by atoms with E-state index >= 15 is 0 Å². The molecule has 0 aliphatic heterocycles. The molecule has 1 aromatic carbocycles. The van der Waals surface area contributed by atoms with E-state index in [0.717, 1.165) is 10.6 Å². The number of esters is 1. The Labute approximate surface area is 135 Å². The Morgan fingerprint density at radius 3 is 3.05 bits per heavy atom. The first-order valence-corrected chi connectivity index (χ1v) is 7.72. The third-order valence-corrected chi connectivity index (χ3v) is 3.99. The summed E-state index contributed by atoms with van der Waals surface area (Å²) >= 11 is 7.43. The number of nitrogens with zero attached hydrogens (tertiary/aromatic N) is 2. The Morgan fingerprint density at radius 2 is 2.27 bits per heavy atom. The number of hydrogen-bond donors (Lipinski definition) is 0. The Hall–Kier alpha value is -2.18. The molecule has 0 spiro atoms. The van der Waals surface area contributed by atoms with E-state index in [-0.39, 0.29) is 19.0 Å². The number of hydrogen-bond acceptors (Lipinski definition) is 6. The molecule has 0 saturated carbocycles. The van der Waals surface area contributed by atoms with Gasteiger partial charge in [-0.15, -0.1) is 11.3 Å². The van der Waals surface area contributed by atoms with E-state index in [9.17, 15) is 4.79 Å². The lowest BCUT2D eigenvalue weighted by atomic mass is 10.2. The largest absolute Gasteiger partial charge is 0.457 e. The molecule has 22 heavy (non-hydrogen) atoms. The van der Waals surface area contributed by atoms with Gasteiger partial charge in [0.05, 0.1) is 18.3 Å². The van der Waals surface area contributed by atoms with E-state index in [1.807, 2.05) is 23.6 Å². The van der Waals surface area contributed by atoms with E-state index < -0.39 is 0 Å². The highest BCUT2D eigenvalue weighted by Crippen LogP contribution is 2.26. The van der Waals surface area contributed by atoms with Crippen LogP contribution in [0, 0.1) is 0 Å². The van der Waals surface area contributed by atoms with Gasteiger partial charge < -0.3 is 9.26 Å². The molecule has 2 aromatic heterocycles. The second-order valence-electron chi connectivity index (χ2n) is 4.47. The first kappa shape index (κ1) is 14.7. The summed E-state index contributed by atoms with van der Waals surface area (Å²) in [7, 11) is 0. The first-order chi connectivity index (χ1) is 10.7. The minimum absolute atomic E-state index is 0.0735. The fraction of sp³-hybridized carbons (Fsp3) is 0.133. The van der Waals surface area contributed by atoms with Crippen molar-refractivity contribution in [2.24, 2.45) is 0 Å². The monoisotopic (exact) mass is 334 g/mol. The maximum atomic E-state index is 11.8. The van der Waals surface area contributed by atoms with Crippen LogP contribution in [-0.4, -0.2) is 16.1 Å². The third-order valence-electron chi connectivity index (χ3n) is 2.82. The number of halogens is 1. The van der Waals surface area contributed by atoms with Gasteiger partial charge in [-0.1, -0.05) is 28.9 Å². The molecule has 0 radical (unpaired) electrons. The van der Waals surface area contributed by atoms with Crippen LogP contribution in [0.1, 0.15) is 11.5 Å². The number of benzene rings is 1. The molecular formula is C15H11ClN2O3S. The maximum absolute atomic E-state index is 11.8. The average molecular weight is 335 g/mol. The normalized spacial score (nSPS) is 10.6. The molecule has 0 fully saturated rings. The molecule has 0 saturated heterocycles. The van der Waals surface area contributed by atoms with Crippen LogP contribution in [0.3, 0.4) is 0 Å². The van der Waals surface area contributed by atoms with Crippen molar-refractivity contribution in [3.05, 3.63) is 58.4 Å². The third kappa shape index (κ3) is 3.72. The van der Waals surface area contributed by atoms with Crippen LogP contribution < -0.4 is 0 Å². The lowest BCUT2D eigenvalue weighted by molar-refractivity contribution is -0.144. The van der Waals surface area contributed by atoms with Gasteiger partial charge in [0.15, 0.2) is 12.4 Å². The summed E-state index contributed by atoms with van der Waals surface area (Å²) < 4.78 is 9.95. The van der Waals surface area contributed by atoms with Gasteiger partial charge in [-0.25, -0.2) is 4.98 Å². The quantitative estimate of drug-likeness (QED) is 0.665. The number of thiazole rings is 1. The summed E-state index contributed by atoms with van der Waals surface area (Å²) in [5.74, 6) is 0.144. The lowest BCUT2D eigenvalue weighted by Gasteiger charge is -2.00. The molecule has 3 rings (SSSR count). The van der Waals surface area contributed by atoms with E-state index in [1.54, 1.807) is 12.1 Å². The molecule has 2 heterocycles. The van der Waals surface area contributed by atoms with Crippen LogP contribution in [0.15, 0.2) is 46.4 Å². The van der Waals surface area contributed by atoms with E-state index in [1.165, 1.54) is 17.5 Å². The molecule has 0 unspecified atom stereocenters. The van der Waals surface area contributed by atoms with Gasteiger partial charge in [0, 0.05) is 22.0 Å². The molecular weight excluding hydrogens is 324 g/mol. The second-order valence-corrected chi connectivity index (χ2v) is 5.77. The van der Waals surface area contributed by atoms with Crippen LogP contribution >= 0.6 is 22.9 Å². The van der Waals surface area contributed by atoms with Crippen LogP contribution in [0.4, 0.5) is 0 Å². The van der Waals surface area contributed by atoms with Crippen molar-refractivity contribution in [2.45, 2.75) is 13.0 Å². The van der Waals surface area contributed by atoms with Gasteiger partial charge >= 0.3 is 5.97 Å². The number of carbonyl (C=O) groups is 1. The predicted octanol–water partition coefficient (Wildman–Crippen LogP) is 3.74. The van der Waals surface area contributed by atoms with Crippen molar-refractivity contribution in [2.75, 3.05) is 0 Å². The molecule has 3 aromatic rings. The van der Waals surface area contributed by atoms with Crippen LogP contribution in [-0.2, 0) is 22.6 Å².